The van der Waals surface area contributed by atoms with E-state index in [0.717, 1.165) is 18.8 Å². The van der Waals surface area contributed by atoms with Crippen LogP contribution in [0.5, 0.6) is 0 Å². The summed E-state index contributed by atoms with van der Waals surface area (Å²) in [7, 11) is 0. The number of hydrogen-bond acceptors (Lipinski definition) is 6. The molecule has 1 fully saturated rings. The highest BCUT2D eigenvalue weighted by Crippen LogP contribution is 2.15. The number of aromatic nitrogens is 2. The Morgan fingerprint density at radius 1 is 1.26 bits per heavy atom. The predicted octanol–water partition coefficient (Wildman–Crippen LogP) is 2.21. The number of benzene rings is 1. The Labute approximate surface area is 134 Å². The highest BCUT2D eigenvalue weighted by Gasteiger charge is 2.14. The number of anilines is 2. The smallest absolute Gasteiger partial charge is 0.227 e. The molecule has 0 amide bonds. The fourth-order valence-corrected chi connectivity index (χ4v) is 2.26. The van der Waals surface area contributed by atoms with E-state index in [1.807, 2.05) is 6.92 Å². The van der Waals surface area contributed by atoms with Crippen LogP contribution in [0.1, 0.15) is 11.3 Å². The Morgan fingerprint density at radius 3 is 2.83 bits per heavy atom. The molecule has 1 saturated heterocycles. The summed E-state index contributed by atoms with van der Waals surface area (Å²) in [6.45, 7) is 4.77. The Bertz CT molecular complexity index is 701. The van der Waals surface area contributed by atoms with E-state index in [9.17, 15) is 4.39 Å². The van der Waals surface area contributed by atoms with E-state index in [-0.39, 0.29) is 5.82 Å². The van der Waals surface area contributed by atoms with Gasteiger partial charge in [-0.25, -0.2) is 9.37 Å². The monoisotopic (exact) mass is 315 g/mol. The third-order valence-electron chi connectivity index (χ3n) is 3.42. The molecule has 1 aliphatic heterocycles. The van der Waals surface area contributed by atoms with Crippen LogP contribution in [-0.2, 0) is 4.74 Å². The summed E-state index contributed by atoms with van der Waals surface area (Å²) in [5.74, 6) is 0.911. The standard InChI is InChI=1S/C16H18FN5O/c1-12-10-15(20-16(19-12)22-6-8-23-9-7-22)21-18-11-13-4-2-3-5-14(13)17/h2-5,10-11H,6-9H2,1H3,(H,19,20,21)/b18-11+. The first-order valence-electron chi connectivity index (χ1n) is 7.44. The number of rotatable bonds is 4. The second-order valence-electron chi connectivity index (χ2n) is 5.19. The van der Waals surface area contributed by atoms with Crippen molar-refractivity contribution < 1.29 is 9.13 Å². The van der Waals surface area contributed by atoms with Gasteiger partial charge in [-0.05, 0) is 13.0 Å². The average molecular weight is 315 g/mol. The van der Waals surface area contributed by atoms with Crippen LogP contribution in [0.2, 0.25) is 0 Å². The van der Waals surface area contributed by atoms with Gasteiger partial charge >= 0.3 is 0 Å². The van der Waals surface area contributed by atoms with Crippen molar-refractivity contribution in [1.29, 1.82) is 0 Å². The number of hydrazone groups is 1. The average Bonchev–Trinajstić information content (AvgIpc) is 2.57. The van der Waals surface area contributed by atoms with Crippen LogP contribution < -0.4 is 10.3 Å². The van der Waals surface area contributed by atoms with E-state index in [0.29, 0.717) is 30.5 Å². The lowest BCUT2D eigenvalue weighted by Crippen LogP contribution is -2.37. The minimum absolute atomic E-state index is 0.314. The minimum Gasteiger partial charge on any atom is -0.378 e. The topological polar surface area (TPSA) is 62.6 Å². The SMILES string of the molecule is Cc1cc(N/N=C/c2ccccc2F)nc(N2CCOCC2)n1. The van der Waals surface area contributed by atoms with Crippen LogP contribution in [-0.4, -0.2) is 42.5 Å². The second-order valence-corrected chi connectivity index (χ2v) is 5.19. The molecular formula is C16H18FN5O. The van der Waals surface area contributed by atoms with Gasteiger partial charge in [0.2, 0.25) is 5.95 Å². The largest absolute Gasteiger partial charge is 0.378 e. The van der Waals surface area contributed by atoms with Gasteiger partial charge in [0.15, 0.2) is 5.82 Å². The van der Waals surface area contributed by atoms with Crippen LogP contribution in [0.3, 0.4) is 0 Å². The number of ether oxygens (including phenoxy) is 1. The Balaban J connectivity index is 1.72. The zero-order valence-corrected chi connectivity index (χ0v) is 12.9. The molecule has 0 radical (unpaired) electrons. The zero-order chi connectivity index (χ0) is 16.1. The quantitative estimate of drug-likeness (QED) is 0.692. The molecule has 1 N–H and O–H groups in total. The molecule has 3 rings (SSSR count). The number of nitrogens with zero attached hydrogens (tertiary/aromatic N) is 4. The van der Waals surface area contributed by atoms with Crippen molar-refractivity contribution in [3.8, 4) is 0 Å². The van der Waals surface area contributed by atoms with Gasteiger partial charge in [0.1, 0.15) is 5.82 Å². The second kappa shape index (κ2) is 7.15. The molecule has 2 aromatic rings. The van der Waals surface area contributed by atoms with E-state index in [1.54, 1.807) is 24.3 Å². The molecule has 2 heterocycles. The molecule has 0 bridgehead atoms. The van der Waals surface area contributed by atoms with Gasteiger partial charge in [0.25, 0.3) is 0 Å². The summed E-state index contributed by atoms with van der Waals surface area (Å²) in [6, 6.07) is 8.25. The third-order valence-corrected chi connectivity index (χ3v) is 3.42. The lowest BCUT2D eigenvalue weighted by molar-refractivity contribution is 0.122. The molecule has 0 saturated carbocycles. The molecule has 1 aromatic carbocycles. The van der Waals surface area contributed by atoms with Crippen molar-refractivity contribution in [2.45, 2.75) is 6.92 Å². The van der Waals surface area contributed by atoms with Crippen molar-refractivity contribution in [3.63, 3.8) is 0 Å². The lowest BCUT2D eigenvalue weighted by atomic mass is 10.2. The maximum Gasteiger partial charge on any atom is 0.227 e. The van der Waals surface area contributed by atoms with Crippen molar-refractivity contribution in [2.75, 3.05) is 36.6 Å². The Morgan fingerprint density at radius 2 is 2.04 bits per heavy atom. The first-order valence-corrected chi connectivity index (χ1v) is 7.44. The minimum atomic E-state index is -0.314. The van der Waals surface area contributed by atoms with Crippen molar-refractivity contribution in [3.05, 3.63) is 47.4 Å². The van der Waals surface area contributed by atoms with E-state index >= 15 is 0 Å². The predicted molar refractivity (Wildman–Crippen MR) is 87.4 cm³/mol. The molecule has 23 heavy (non-hydrogen) atoms. The maximum atomic E-state index is 13.5. The van der Waals surface area contributed by atoms with Gasteiger partial charge in [-0.15, -0.1) is 0 Å². The van der Waals surface area contributed by atoms with Crippen LogP contribution in [0.15, 0.2) is 35.4 Å². The summed E-state index contributed by atoms with van der Waals surface area (Å²) in [5.41, 5.74) is 4.09. The summed E-state index contributed by atoms with van der Waals surface area (Å²) in [6.07, 6.45) is 1.43. The van der Waals surface area contributed by atoms with Crippen LogP contribution in [0, 0.1) is 12.7 Å². The Hall–Kier alpha value is -2.54. The molecule has 0 unspecified atom stereocenters. The normalized spacial score (nSPS) is 15.1. The number of nitrogens with one attached hydrogen (secondary N) is 1. The van der Waals surface area contributed by atoms with Gasteiger partial charge < -0.3 is 9.64 Å². The number of hydrogen-bond donors (Lipinski definition) is 1. The van der Waals surface area contributed by atoms with Crippen LogP contribution >= 0.6 is 0 Å². The summed E-state index contributed by atoms with van der Waals surface area (Å²) >= 11 is 0. The third kappa shape index (κ3) is 4.01. The zero-order valence-electron chi connectivity index (χ0n) is 12.9. The van der Waals surface area contributed by atoms with Gasteiger partial charge in [0, 0.05) is 30.4 Å². The number of halogens is 1. The Kier molecular flexibility index (Phi) is 4.77. The number of morpholine rings is 1. The maximum absolute atomic E-state index is 13.5. The van der Waals surface area contributed by atoms with E-state index < -0.39 is 0 Å². The van der Waals surface area contributed by atoms with E-state index in [1.165, 1.54) is 12.3 Å². The highest BCUT2D eigenvalue weighted by atomic mass is 19.1. The van der Waals surface area contributed by atoms with Crippen molar-refractivity contribution >= 4 is 18.0 Å². The first-order chi connectivity index (χ1) is 11.2. The fourth-order valence-electron chi connectivity index (χ4n) is 2.26. The van der Waals surface area contributed by atoms with Crippen LogP contribution in [0.25, 0.3) is 0 Å². The van der Waals surface area contributed by atoms with Gasteiger partial charge in [-0.1, -0.05) is 18.2 Å². The summed E-state index contributed by atoms with van der Waals surface area (Å²) < 4.78 is 18.9. The van der Waals surface area contributed by atoms with Crippen molar-refractivity contribution in [1.82, 2.24) is 9.97 Å². The van der Waals surface area contributed by atoms with Gasteiger partial charge in [-0.3, -0.25) is 5.43 Å². The first kappa shape index (κ1) is 15.4. The molecule has 120 valence electrons. The van der Waals surface area contributed by atoms with Crippen LogP contribution in [0.4, 0.5) is 16.2 Å². The molecular weight excluding hydrogens is 297 g/mol. The number of aryl methyl sites for hydroxylation is 1. The molecule has 7 heteroatoms. The lowest BCUT2D eigenvalue weighted by Gasteiger charge is -2.27. The van der Waals surface area contributed by atoms with E-state index in [2.05, 4.69) is 25.4 Å². The molecule has 0 aliphatic carbocycles. The summed E-state index contributed by atoms with van der Waals surface area (Å²) in [4.78, 5) is 11.0. The van der Waals surface area contributed by atoms with Gasteiger partial charge in [-0.2, -0.15) is 10.1 Å². The highest BCUT2D eigenvalue weighted by molar-refractivity contribution is 5.80. The molecule has 6 nitrogen and oxygen atoms in total. The molecule has 0 spiro atoms. The molecule has 1 aromatic heterocycles. The van der Waals surface area contributed by atoms with Crippen molar-refractivity contribution in [2.24, 2.45) is 5.10 Å². The molecule has 0 atom stereocenters. The van der Waals surface area contributed by atoms with E-state index in [4.69, 9.17) is 4.74 Å². The van der Waals surface area contributed by atoms with Gasteiger partial charge in [0.05, 0.1) is 19.4 Å². The summed E-state index contributed by atoms with van der Waals surface area (Å²) in [5, 5.41) is 4.05. The molecule has 1 aliphatic rings. The fraction of sp³-hybridized carbons (Fsp3) is 0.312.